The van der Waals surface area contributed by atoms with Crippen LogP contribution in [0.25, 0.3) is 5.69 Å². The quantitative estimate of drug-likeness (QED) is 0.730. The van der Waals surface area contributed by atoms with Crippen LogP contribution in [0.4, 0.5) is 0 Å². The largest absolute Gasteiger partial charge is 0.354 e. The first-order valence-corrected chi connectivity index (χ1v) is 9.46. The third kappa shape index (κ3) is 3.38. The zero-order chi connectivity index (χ0) is 19.9. The Morgan fingerprint density at radius 3 is 2.75 bits per heavy atom. The van der Waals surface area contributed by atoms with Crippen LogP contribution in [0.5, 0.6) is 0 Å². The summed E-state index contributed by atoms with van der Waals surface area (Å²) in [6, 6.07) is 9.81. The zero-order valence-corrected chi connectivity index (χ0v) is 16.4. The number of H-pyrrole nitrogens is 1. The maximum atomic E-state index is 12.7. The molecule has 0 unspecified atom stereocenters. The molecule has 144 valence electrons. The lowest BCUT2D eigenvalue weighted by atomic mass is 9.75. The number of hydrogen-bond donors (Lipinski definition) is 2. The maximum Gasteiger partial charge on any atom is 0.268 e. The second-order valence-corrected chi connectivity index (χ2v) is 8.23. The number of Topliss-reactive ketones (excluding diaryl/α,β-unsaturated/α-hetero) is 1. The molecule has 0 bridgehead atoms. The Balaban J connectivity index is 1.48. The van der Waals surface area contributed by atoms with Crippen LogP contribution in [-0.4, -0.2) is 26.5 Å². The summed E-state index contributed by atoms with van der Waals surface area (Å²) in [7, 11) is 0. The van der Waals surface area contributed by atoms with Gasteiger partial charge >= 0.3 is 0 Å². The number of fused-ring (bicyclic) bond motifs is 1. The fourth-order valence-corrected chi connectivity index (χ4v) is 3.90. The predicted molar refractivity (Wildman–Crippen MR) is 107 cm³/mol. The first-order chi connectivity index (χ1) is 13.3. The van der Waals surface area contributed by atoms with Crippen molar-refractivity contribution in [1.29, 1.82) is 0 Å². The number of hydrogen-bond acceptors (Lipinski definition) is 3. The first-order valence-electron chi connectivity index (χ1n) is 9.46. The third-order valence-electron chi connectivity index (χ3n) is 5.24. The average Bonchev–Trinajstić information content (AvgIpc) is 3.24. The van der Waals surface area contributed by atoms with Crippen LogP contribution in [0.1, 0.15) is 57.9 Å². The predicted octanol–water partition coefficient (Wildman–Crippen LogP) is 3.59. The normalized spacial score (nSPS) is 15.3. The van der Waals surface area contributed by atoms with Crippen molar-refractivity contribution >= 4 is 11.7 Å². The summed E-state index contributed by atoms with van der Waals surface area (Å²) >= 11 is 0. The molecule has 2 heterocycles. The molecule has 0 saturated heterocycles. The van der Waals surface area contributed by atoms with E-state index in [-0.39, 0.29) is 17.1 Å². The van der Waals surface area contributed by atoms with E-state index >= 15 is 0 Å². The highest BCUT2D eigenvalue weighted by atomic mass is 16.2. The van der Waals surface area contributed by atoms with Crippen LogP contribution in [0, 0.1) is 12.3 Å². The van der Waals surface area contributed by atoms with Crippen LogP contribution in [-0.2, 0) is 13.0 Å². The molecule has 1 amide bonds. The van der Waals surface area contributed by atoms with Crippen LogP contribution >= 0.6 is 0 Å². The van der Waals surface area contributed by atoms with Crippen LogP contribution in [0.15, 0.2) is 42.7 Å². The average molecular weight is 376 g/mol. The van der Waals surface area contributed by atoms with Gasteiger partial charge in [0.2, 0.25) is 0 Å². The number of nitrogens with one attached hydrogen (secondary N) is 2. The SMILES string of the molecule is Cc1c(C(=O)NCc2cnn(-c3ccccc3)c2)[nH]c2c1C(=O)CC(C)(C)C2. The van der Waals surface area contributed by atoms with Crippen molar-refractivity contribution in [3.8, 4) is 5.69 Å². The lowest BCUT2D eigenvalue weighted by molar-refractivity contribution is 0.0909. The number of rotatable bonds is 4. The van der Waals surface area contributed by atoms with Gasteiger partial charge < -0.3 is 10.3 Å². The van der Waals surface area contributed by atoms with Gasteiger partial charge in [0.1, 0.15) is 5.69 Å². The summed E-state index contributed by atoms with van der Waals surface area (Å²) in [6.45, 7) is 6.37. The molecular weight excluding hydrogens is 352 g/mol. The number of amides is 1. The Morgan fingerprint density at radius 2 is 2.00 bits per heavy atom. The van der Waals surface area contributed by atoms with Gasteiger partial charge in [-0.1, -0.05) is 32.0 Å². The molecule has 6 heteroatoms. The number of aromatic nitrogens is 3. The van der Waals surface area contributed by atoms with E-state index in [0.717, 1.165) is 28.9 Å². The number of carbonyl (C=O) groups is 2. The van der Waals surface area contributed by atoms with Gasteiger partial charge in [-0.15, -0.1) is 0 Å². The molecule has 1 aliphatic rings. The molecule has 1 aliphatic carbocycles. The van der Waals surface area contributed by atoms with Crippen molar-refractivity contribution in [1.82, 2.24) is 20.1 Å². The third-order valence-corrected chi connectivity index (χ3v) is 5.24. The molecule has 4 rings (SSSR count). The van der Waals surface area contributed by atoms with Crippen LogP contribution in [0.3, 0.4) is 0 Å². The molecule has 0 aliphatic heterocycles. The van der Waals surface area contributed by atoms with Gasteiger partial charge in [0.05, 0.1) is 11.9 Å². The molecule has 0 spiro atoms. The van der Waals surface area contributed by atoms with Crippen molar-refractivity contribution < 1.29 is 9.59 Å². The Hall–Kier alpha value is -3.15. The van der Waals surface area contributed by atoms with Crippen LogP contribution in [0.2, 0.25) is 0 Å². The lowest BCUT2D eigenvalue weighted by Gasteiger charge is -2.28. The first kappa shape index (κ1) is 18.2. The molecule has 0 atom stereocenters. The summed E-state index contributed by atoms with van der Waals surface area (Å²) in [6.07, 6.45) is 4.92. The Morgan fingerprint density at radius 1 is 1.25 bits per heavy atom. The molecule has 2 N–H and O–H groups in total. The molecule has 28 heavy (non-hydrogen) atoms. The fourth-order valence-electron chi connectivity index (χ4n) is 3.90. The van der Waals surface area contributed by atoms with Gasteiger partial charge in [0.15, 0.2) is 5.78 Å². The second-order valence-electron chi connectivity index (χ2n) is 8.23. The number of benzene rings is 1. The Labute approximate surface area is 164 Å². The molecule has 0 saturated carbocycles. The van der Waals surface area contributed by atoms with Crippen molar-refractivity contribution in [3.05, 3.63) is 70.8 Å². The molecular formula is C22H24N4O2. The van der Waals surface area contributed by atoms with Crippen LogP contribution < -0.4 is 5.32 Å². The van der Waals surface area contributed by atoms with Gasteiger partial charge in [0, 0.05) is 36.0 Å². The number of carbonyl (C=O) groups excluding carboxylic acids is 2. The van der Waals surface area contributed by atoms with Crippen molar-refractivity contribution in [2.75, 3.05) is 0 Å². The molecule has 2 aromatic heterocycles. The maximum absolute atomic E-state index is 12.7. The van der Waals surface area contributed by atoms with Crippen molar-refractivity contribution in [2.24, 2.45) is 5.41 Å². The number of aromatic amines is 1. The standard InChI is InChI=1S/C22H24N4O2/c1-14-19-17(9-22(2,3)10-18(19)27)25-20(14)21(28)23-11-15-12-24-26(13-15)16-7-5-4-6-8-16/h4-8,12-13,25H,9-11H2,1-3H3,(H,23,28). The summed E-state index contributed by atoms with van der Waals surface area (Å²) in [5.41, 5.74) is 4.58. The summed E-state index contributed by atoms with van der Waals surface area (Å²) in [5.74, 6) is -0.0897. The van der Waals surface area contributed by atoms with E-state index in [9.17, 15) is 9.59 Å². The van der Waals surface area contributed by atoms with Gasteiger partial charge in [-0.3, -0.25) is 9.59 Å². The van der Waals surface area contributed by atoms with E-state index < -0.39 is 0 Å². The molecule has 0 radical (unpaired) electrons. The second kappa shape index (κ2) is 6.78. The summed E-state index contributed by atoms with van der Waals surface area (Å²) in [4.78, 5) is 28.4. The molecule has 0 fully saturated rings. The van der Waals surface area contributed by atoms with E-state index in [4.69, 9.17) is 0 Å². The fraction of sp³-hybridized carbons (Fsp3) is 0.318. The van der Waals surface area contributed by atoms with E-state index in [1.165, 1.54) is 0 Å². The van der Waals surface area contributed by atoms with Crippen molar-refractivity contribution in [3.63, 3.8) is 0 Å². The summed E-state index contributed by atoms with van der Waals surface area (Å²) in [5, 5.41) is 7.28. The minimum absolute atomic E-state index is 0.0822. The number of ketones is 1. The van der Waals surface area contributed by atoms with Gasteiger partial charge in [-0.05, 0) is 36.5 Å². The topological polar surface area (TPSA) is 79.8 Å². The van der Waals surface area contributed by atoms with E-state index in [1.807, 2.05) is 43.5 Å². The van der Waals surface area contributed by atoms with E-state index in [1.54, 1.807) is 10.9 Å². The molecule has 1 aromatic carbocycles. The highest BCUT2D eigenvalue weighted by Gasteiger charge is 2.35. The number of nitrogens with zero attached hydrogens (tertiary/aromatic N) is 2. The summed E-state index contributed by atoms with van der Waals surface area (Å²) < 4.78 is 1.78. The monoisotopic (exact) mass is 376 g/mol. The number of para-hydroxylation sites is 1. The van der Waals surface area contributed by atoms with Gasteiger partial charge in [0.25, 0.3) is 5.91 Å². The van der Waals surface area contributed by atoms with Gasteiger partial charge in [-0.25, -0.2) is 4.68 Å². The minimum Gasteiger partial charge on any atom is -0.354 e. The Bertz CT molecular complexity index is 1040. The Kier molecular flexibility index (Phi) is 4.41. The highest BCUT2D eigenvalue weighted by molar-refractivity contribution is 6.04. The smallest absolute Gasteiger partial charge is 0.268 e. The van der Waals surface area contributed by atoms with Gasteiger partial charge in [-0.2, -0.15) is 5.10 Å². The highest BCUT2D eigenvalue weighted by Crippen LogP contribution is 2.36. The zero-order valence-electron chi connectivity index (χ0n) is 16.4. The van der Waals surface area contributed by atoms with E-state index in [0.29, 0.717) is 24.2 Å². The molecule has 6 nitrogen and oxygen atoms in total. The van der Waals surface area contributed by atoms with Crippen molar-refractivity contribution in [2.45, 2.75) is 40.2 Å². The molecule has 3 aromatic rings. The lowest BCUT2D eigenvalue weighted by Crippen LogP contribution is -2.26. The minimum atomic E-state index is -0.204. The van der Waals surface area contributed by atoms with E-state index in [2.05, 4.69) is 29.2 Å².